The Labute approximate surface area is 57.7 Å². The molecule has 0 bridgehead atoms. The summed E-state index contributed by atoms with van der Waals surface area (Å²) in [7, 11) is 0. The fraction of sp³-hybridized carbons (Fsp3) is 0. The first-order chi connectivity index (χ1) is 4.97. The van der Waals surface area contributed by atoms with Gasteiger partial charge in [-0.05, 0) is 12.1 Å². The summed E-state index contributed by atoms with van der Waals surface area (Å²) in [6.07, 6.45) is 3.25. The quantitative estimate of drug-likeness (QED) is 0.573. The predicted octanol–water partition coefficient (Wildman–Crippen LogP) is 0.323. The van der Waals surface area contributed by atoms with E-state index in [1.807, 2.05) is 18.3 Å². The van der Waals surface area contributed by atoms with Gasteiger partial charge in [0.25, 0.3) is 0 Å². The van der Waals surface area contributed by atoms with Crippen LogP contribution in [0.2, 0.25) is 0 Å². The molecule has 0 amide bonds. The third kappa shape index (κ3) is 0.699. The number of aromatic amines is 1. The zero-order chi connectivity index (χ0) is 6.81. The predicted molar refractivity (Wildman–Crippen MR) is 38.0 cm³/mol. The minimum absolute atomic E-state index is 0.644. The van der Waals surface area contributed by atoms with Crippen molar-refractivity contribution in [1.82, 2.24) is 10.4 Å². The summed E-state index contributed by atoms with van der Waals surface area (Å²) in [6, 6.07) is 3.79. The van der Waals surface area contributed by atoms with E-state index >= 15 is 0 Å². The summed E-state index contributed by atoms with van der Waals surface area (Å²) in [5.74, 6) is 0.644. The molecule has 1 aliphatic rings. The monoisotopic (exact) mass is 133 g/mol. The zero-order valence-corrected chi connectivity index (χ0v) is 5.15. The molecule has 0 saturated heterocycles. The highest BCUT2D eigenvalue weighted by Crippen LogP contribution is 2.00. The fourth-order valence-electron chi connectivity index (χ4n) is 0.780. The van der Waals surface area contributed by atoms with Crippen molar-refractivity contribution >= 4 is 12.2 Å². The van der Waals surface area contributed by atoms with Crippen molar-refractivity contribution in [2.24, 2.45) is 10.1 Å². The second-order valence-electron chi connectivity index (χ2n) is 1.87. The molecule has 1 N–H and O–H groups in total. The first-order valence-corrected chi connectivity index (χ1v) is 2.91. The van der Waals surface area contributed by atoms with Gasteiger partial charge < -0.3 is 4.98 Å². The molecule has 1 radical (unpaired) electrons. The Bertz CT molecular complexity index is 270. The second-order valence-corrected chi connectivity index (χ2v) is 1.87. The van der Waals surface area contributed by atoms with E-state index in [1.54, 1.807) is 0 Å². The van der Waals surface area contributed by atoms with Gasteiger partial charge in [-0.3, -0.25) is 0 Å². The molecule has 4 heteroatoms. The molecule has 10 heavy (non-hydrogen) atoms. The van der Waals surface area contributed by atoms with Gasteiger partial charge in [-0.25, -0.2) is 4.99 Å². The Morgan fingerprint density at radius 1 is 1.40 bits per heavy atom. The molecule has 0 spiro atoms. The van der Waals surface area contributed by atoms with E-state index in [1.165, 1.54) is 6.34 Å². The van der Waals surface area contributed by atoms with E-state index in [-0.39, 0.29) is 0 Å². The molecular formula is C6H5N4. The number of H-pyrrole nitrogens is 1. The summed E-state index contributed by atoms with van der Waals surface area (Å²) in [5, 5.41) is 3.77. The molecule has 0 aromatic carbocycles. The number of hydrogen-bond acceptors (Lipinski definition) is 2. The van der Waals surface area contributed by atoms with Gasteiger partial charge in [-0.2, -0.15) is 0 Å². The number of nitrogens with zero attached hydrogens (tertiary/aromatic N) is 3. The highest BCUT2D eigenvalue weighted by atomic mass is 15.4. The van der Waals surface area contributed by atoms with E-state index in [0.29, 0.717) is 5.84 Å². The zero-order valence-electron chi connectivity index (χ0n) is 5.15. The van der Waals surface area contributed by atoms with Crippen LogP contribution in [0.15, 0.2) is 28.4 Å². The molecule has 0 atom stereocenters. The highest BCUT2D eigenvalue weighted by molar-refractivity contribution is 6.03. The van der Waals surface area contributed by atoms with Crippen molar-refractivity contribution in [3.63, 3.8) is 0 Å². The number of aromatic nitrogens is 1. The number of aliphatic imine (C=N–C) groups is 1. The average molecular weight is 133 g/mol. The van der Waals surface area contributed by atoms with E-state index in [4.69, 9.17) is 0 Å². The van der Waals surface area contributed by atoms with Crippen molar-refractivity contribution in [2.45, 2.75) is 0 Å². The van der Waals surface area contributed by atoms with Crippen LogP contribution in [0.1, 0.15) is 5.69 Å². The molecule has 1 aliphatic heterocycles. The Morgan fingerprint density at radius 3 is 3.00 bits per heavy atom. The average Bonchev–Trinajstić information content (AvgIpc) is 2.59. The summed E-state index contributed by atoms with van der Waals surface area (Å²) in [6.45, 7) is 0. The lowest BCUT2D eigenvalue weighted by Crippen LogP contribution is -1.93. The first-order valence-electron chi connectivity index (χ1n) is 2.91. The minimum Gasteiger partial charge on any atom is -0.359 e. The molecule has 49 valence electrons. The van der Waals surface area contributed by atoms with Gasteiger partial charge in [0.15, 0.2) is 5.84 Å². The lowest BCUT2D eigenvalue weighted by atomic mass is 10.4. The normalized spacial score (nSPS) is 15.0. The molecule has 2 rings (SSSR count). The maximum absolute atomic E-state index is 3.91. The molecule has 4 nitrogen and oxygen atoms in total. The number of nitrogens with one attached hydrogen (secondary N) is 1. The number of rotatable bonds is 1. The van der Waals surface area contributed by atoms with Gasteiger partial charge in [0.2, 0.25) is 0 Å². The third-order valence-electron chi connectivity index (χ3n) is 1.22. The van der Waals surface area contributed by atoms with Crippen LogP contribution in [-0.2, 0) is 0 Å². The largest absolute Gasteiger partial charge is 0.359 e. The van der Waals surface area contributed by atoms with Gasteiger partial charge in [0, 0.05) is 6.20 Å². The van der Waals surface area contributed by atoms with Gasteiger partial charge in [0.1, 0.15) is 6.34 Å². The van der Waals surface area contributed by atoms with Gasteiger partial charge in [-0.1, -0.05) is 0 Å². The number of amidine groups is 1. The van der Waals surface area contributed by atoms with Crippen molar-refractivity contribution in [3.05, 3.63) is 24.0 Å². The molecular weight excluding hydrogens is 128 g/mol. The van der Waals surface area contributed by atoms with Crippen LogP contribution in [-0.4, -0.2) is 17.2 Å². The second kappa shape index (κ2) is 1.98. The summed E-state index contributed by atoms with van der Waals surface area (Å²) >= 11 is 0. The Balaban J connectivity index is 2.36. The van der Waals surface area contributed by atoms with Crippen LogP contribution in [0.4, 0.5) is 0 Å². The molecule has 1 aromatic rings. The maximum atomic E-state index is 3.91. The van der Waals surface area contributed by atoms with Crippen LogP contribution < -0.4 is 5.43 Å². The smallest absolute Gasteiger partial charge is 0.199 e. The van der Waals surface area contributed by atoms with Gasteiger partial charge in [0.05, 0.1) is 5.69 Å². The Morgan fingerprint density at radius 2 is 2.40 bits per heavy atom. The van der Waals surface area contributed by atoms with Gasteiger partial charge >= 0.3 is 0 Å². The third-order valence-corrected chi connectivity index (χ3v) is 1.22. The van der Waals surface area contributed by atoms with E-state index in [2.05, 4.69) is 20.5 Å². The standard InChI is InChI=1S/C6H5N4/c1-2-5(7-3-1)6-8-4-9-10-6/h1-4,7H. The van der Waals surface area contributed by atoms with Gasteiger partial charge in [-0.15, -0.1) is 10.5 Å². The Hall–Kier alpha value is -1.58. The molecule has 0 saturated carbocycles. The Kier molecular flexibility index (Phi) is 1.04. The lowest BCUT2D eigenvalue weighted by Gasteiger charge is -1.86. The van der Waals surface area contributed by atoms with Crippen LogP contribution in [0.25, 0.3) is 0 Å². The van der Waals surface area contributed by atoms with Crippen LogP contribution in [0.3, 0.4) is 0 Å². The molecule has 0 aliphatic carbocycles. The fourth-order valence-corrected chi connectivity index (χ4v) is 0.780. The summed E-state index contributed by atoms with van der Waals surface area (Å²) < 4.78 is 0. The molecule has 0 fully saturated rings. The number of hydrogen-bond donors (Lipinski definition) is 1. The van der Waals surface area contributed by atoms with Crippen molar-refractivity contribution in [3.8, 4) is 0 Å². The summed E-state index contributed by atoms with van der Waals surface area (Å²) in [5.41, 5.74) is 4.50. The van der Waals surface area contributed by atoms with E-state index in [9.17, 15) is 0 Å². The van der Waals surface area contributed by atoms with E-state index < -0.39 is 0 Å². The van der Waals surface area contributed by atoms with Crippen LogP contribution >= 0.6 is 0 Å². The van der Waals surface area contributed by atoms with Crippen LogP contribution in [0, 0.1) is 0 Å². The maximum Gasteiger partial charge on any atom is 0.199 e. The molecule has 1 aromatic heterocycles. The lowest BCUT2D eigenvalue weighted by molar-refractivity contribution is 1.06. The van der Waals surface area contributed by atoms with Crippen molar-refractivity contribution in [1.29, 1.82) is 0 Å². The van der Waals surface area contributed by atoms with Crippen molar-refractivity contribution in [2.75, 3.05) is 0 Å². The molecule has 2 heterocycles. The minimum atomic E-state index is 0.644. The van der Waals surface area contributed by atoms with Crippen molar-refractivity contribution < 1.29 is 0 Å². The van der Waals surface area contributed by atoms with E-state index in [0.717, 1.165) is 5.69 Å². The SMILES string of the molecule is C1=NC(c2ccc[nH]2)=N[N]1. The molecule has 0 unspecified atom stereocenters. The topological polar surface area (TPSA) is 54.6 Å². The first kappa shape index (κ1) is 5.22. The summed E-state index contributed by atoms with van der Waals surface area (Å²) in [4.78, 5) is 6.88. The highest BCUT2D eigenvalue weighted by Gasteiger charge is 2.04. The van der Waals surface area contributed by atoms with Crippen LogP contribution in [0.5, 0.6) is 0 Å².